The monoisotopic (exact) mass is 313 g/mol. The van der Waals surface area contributed by atoms with Gasteiger partial charge in [-0.3, -0.25) is 9.59 Å². The van der Waals surface area contributed by atoms with Gasteiger partial charge < -0.3 is 4.42 Å². The molecule has 0 bridgehead atoms. The molecule has 4 rings (SSSR count). The fraction of sp³-hybridized carbons (Fsp3) is 0.0714. The average molecular weight is 313 g/mol. The van der Waals surface area contributed by atoms with Crippen LogP contribution in [0.3, 0.4) is 0 Å². The Morgan fingerprint density at radius 2 is 1.95 bits per heavy atom. The van der Waals surface area contributed by atoms with E-state index in [1.54, 1.807) is 24.3 Å². The summed E-state index contributed by atoms with van der Waals surface area (Å²) in [6.45, 7) is 0. The second-order valence-electron chi connectivity index (χ2n) is 4.65. The highest BCUT2D eigenvalue weighted by molar-refractivity contribution is 8.16. The normalized spacial score (nSPS) is 19.5. The summed E-state index contributed by atoms with van der Waals surface area (Å²) < 4.78 is 5.15. The van der Waals surface area contributed by atoms with Crippen molar-refractivity contribution in [3.63, 3.8) is 0 Å². The molecule has 0 spiro atoms. The Kier molecular flexibility index (Phi) is 2.73. The van der Waals surface area contributed by atoms with Crippen LogP contribution in [0.5, 0.6) is 0 Å². The molecule has 3 heterocycles. The highest BCUT2D eigenvalue weighted by Crippen LogP contribution is 2.31. The molecule has 0 radical (unpaired) electrons. The van der Waals surface area contributed by atoms with Crippen molar-refractivity contribution >= 4 is 45.8 Å². The summed E-state index contributed by atoms with van der Waals surface area (Å²) >= 11 is 1.08. The Morgan fingerprint density at radius 1 is 1.14 bits per heavy atom. The molecular weight excluding hydrogens is 306 g/mol. The lowest BCUT2D eigenvalue weighted by atomic mass is 10.1. The zero-order valence-electron chi connectivity index (χ0n) is 10.9. The van der Waals surface area contributed by atoms with Crippen LogP contribution in [-0.4, -0.2) is 28.3 Å². The van der Waals surface area contributed by atoms with E-state index in [0.717, 1.165) is 11.8 Å². The number of aliphatic imine (C=N–C) groups is 1. The van der Waals surface area contributed by atoms with E-state index in [2.05, 4.69) is 15.5 Å². The Morgan fingerprint density at radius 3 is 2.73 bits per heavy atom. The number of carbonyl (C=O) groups excluding carboxylic acids is 2. The maximum atomic E-state index is 12.0. The molecule has 0 saturated heterocycles. The topological polar surface area (TPSA) is 101 Å². The van der Waals surface area contributed by atoms with Gasteiger partial charge in [0.05, 0.1) is 0 Å². The molecule has 0 fully saturated rings. The van der Waals surface area contributed by atoms with Crippen molar-refractivity contribution in [2.24, 2.45) is 10.1 Å². The lowest BCUT2D eigenvalue weighted by Gasteiger charge is -2.07. The van der Waals surface area contributed by atoms with Crippen molar-refractivity contribution in [1.82, 2.24) is 5.43 Å². The molecule has 2 aliphatic heterocycles. The number of rotatable bonds is 1. The van der Waals surface area contributed by atoms with Gasteiger partial charge in [-0.2, -0.15) is 5.10 Å². The molecule has 1 aromatic heterocycles. The van der Waals surface area contributed by atoms with E-state index in [1.165, 1.54) is 6.21 Å². The fourth-order valence-electron chi connectivity index (χ4n) is 2.36. The summed E-state index contributed by atoms with van der Waals surface area (Å²) in [7, 11) is 0. The van der Waals surface area contributed by atoms with Crippen LogP contribution in [0.4, 0.5) is 0 Å². The number of nitrogens with one attached hydrogen (secondary N) is 1. The SMILES string of the molecule is O=C1N=C(SC2C=NNC2=O)c2c1c(=O)oc1ccccc21. The first-order chi connectivity index (χ1) is 10.6. The number of thioether (sulfide) groups is 1. The van der Waals surface area contributed by atoms with E-state index in [-0.39, 0.29) is 11.5 Å². The first-order valence-corrected chi connectivity index (χ1v) is 7.22. The van der Waals surface area contributed by atoms with Crippen molar-refractivity contribution in [2.45, 2.75) is 5.25 Å². The molecule has 1 aromatic carbocycles. The van der Waals surface area contributed by atoms with Crippen molar-refractivity contribution in [3.05, 3.63) is 45.8 Å². The molecule has 2 amide bonds. The largest absolute Gasteiger partial charge is 0.422 e. The summed E-state index contributed by atoms with van der Waals surface area (Å²) in [6.07, 6.45) is 1.44. The van der Waals surface area contributed by atoms with E-state index >= 15 is 0 Å². The Labute approximate surface area is 127 Å². The molecule has 1 N–H and O–H groups in total. The summed E-state index contributed by atoms with van der Waals surface area (Å²) in [5.74, 6) is -0.937. The third-order valence-corrected chi connectivity index (χ3v) is 4.43. The minimum atomic E-state index is -0.720. The van der Waals surface area contributed by atoms with Crippen LogP contribution >= 0.6 is 11.8 Å². The number of nitrogens with zero attached hydrogens (tertiary/aromatic N) is 2. The molecule has 0 aliphatic carbocycles. The molecule has 8 heteroatoms. The van der Waals surface area contributed by atoms with Crippen LogP contribution in [0.15, 0.2) is 43.6 Å². The summed E-state index contributed by atoms with van der Waals surface area (Å²) in [4.78, 5) is 39.5. The minimum Gasteiger partial charge on any atom is -0.422 e. The number of hydrazone groups is 1. The van der Waals surface area contributed by atoms with Crippen molar-refractivity contribution < 1.29 is 14.0 Å². The number of fused-ring (bicyclic) bond motifs is 3. The van der Waals surface area contributed by atoms with Crippen LogP contribution in [0.25, 0.3) is 11.0 Å². The molecule has 1 atom stereocenters. The van der Waals surface area contributed by atoms with Crippen molar-refractivity contribution in [1.29, 1.82) is 0 Å². The first-order valence-electron chi connectivity index (χ1n) is 6.34. The number of hydrogen-bond donors (Lipinski definition) is 1. The van der Waals surface area contributed by atoms with Crippen LogP contribution in [0, 0.1) is 0 Å². The van der Waals surface area contributed by atoms with Crippen molar-refractivity contribution in [2.75, 3.05) is 0 Å². The zero-order valence-corrected chi connectivity index (χ0v) is 11.7. The van der Waals surface area contributed by atoms with E-state index in [4.69, 9.17) is 4.42 Å². The van der Waals surface area contributed by atoms with Gasteiger partial charge in [-0.05, 0) is 6.07 Å². The standard InChI is InChI=1S/C14H7N3O4S/c18-11-8(5-15-17-11)22-13-9-6-3-1-2-4-7(6)21-14(20)10(9)12(19)16-13/h1-5,8H,(H,17,18). The van der Waals surface area contributed by atoms with Gasteiger partial charge in [0.1, 0.15) is 21.4 Å². The van der Waals surface area contributed by atoms with Crippen LogP contribution in [-0.2, 0) is 4.79 Å². The predicted molar refractivity (Wildman–Crippen MR) is 81.4 cm³/mol. The van der Waals surface area contributed by atoms with Crippen molar-refractivity contribution in [3.8, 4) is 0 Å². The van der Waals surface area contributed by atoms with Gasteiger partial charge in [0.15, 0.2) is 0 Å². The molecule has 7 nitrogen and oxygen atoms in total. The third-order valence-electron chi connectivity index (χ3n) is 3.33. The van der Waals surface area contributed by atoms with Gasteiger partial charge in [0, 0.05) is 17.2 Å². The number of benzene rings is 1. The average Bonchev–Trinajstić information content (AvgIpc) is 3.04. The van der Waals surface area contributed by atoms with Gasteiger partial charge in [-0.25, -0.2) is 15.2 Å². The van der Waals surface area contributed by atoms with Gasteiger partial charge in [0.25, 0.3) is 11.8 Å². The molecule has 2 aliphatic rings. The highest BCUT2D eigenvalue weighted by Gasteiger charge is 2.34. The Bertz CT molecular complexity index is 960. The number of amides is 2. The zero-order chi connectivity index (χ0) is 15.3. The Hall–Kier alpha value is -2.74. The van der Waals surface area contributed by atoms with Gasteiger partial charge in [0.2, 0.25) is 0 Å². The van der Waals surface area contributed by atoms with Crippen LogP contribution < -0.4 is 11.1 Å². The summed E-state index contributed by atoms with van der Waals surface area (Å²) in [5.41, 5.74) is 2.31. The second kappa shape index (κ2) is 4.63. The van der Waals surface area contributed by atoms with E-state index in [0.29, 0.717) is 21.6 Å². The molecule has 0 saturated carbocycles. The van der Waals surface area contributed by atoms with E-state index in [1.807, 2.05) is 0 Å². The molecule has 1 unspecified atom stereocenters. The number of hydrogen-bond acceptors (Lipinski definition) is 6. The van der Waals surface area contributed by atoms with Crippen LogP contribution in [0.1, 0.15) is 15.9 Å². The third kappa shape index (κ3) is 1.81. The minimum absolute atomic E-state index is 0.0865. The fourth-order valence-corrected chi connectivity index (χ4v) is 3.35. The lowest BCUT2D eigenvalue weighted by molar-refractivity contribution is -0.118. The molecule has 22 heavy (non-hydrogen) atoms. The summed E-state index contributed by atoms with van der Waals surface area (Å²) in [5, 5.41) is 4.04. The first kappa shape index (κ1) is 13.0. The lowest BCUT2D eigenvalue weighted by Crippen LogP contribution is -2.23. The second-order valence-corrected chi connectivity index (χ2v) is 5.78. The smallest absolute Gasteiger partial charge is 0.350 e. The highest BCUT2D eigenvalue weighted by atomic mass is 32.2. The molecular formula is C14H7N3O4S. The predicted octanol–water partition coefficient (Wildman–Crippen LogP) is 0.911. The van der Waals surface area contributed by atoms with Gasteiger partial charge in [-0.15, -0.1) is 0 Å². The molecule has 108 valence electrons. The summed E-state index contributed by atoms with van der Waals surface area (Å²) in [6, 6.07) is 6.90. The van der Waals surface area contributed by atoms with Gasteiger partial charge in [-0.1, -0.05) is 30.0 Å². The van der Waals surface area contributed by atoms with E-state index < -0.39 is 16.8 Å². The maximum Gasteiger partial charge on any atom is 0.350 e. The van der Waals surface area contributed by atoms with E-state index in [9.17, 15) is 14.4 Å². The number of carbonyl (C=O) groups is 2. The van der Waals surface area contributed by atoms with Crippen LogP contribution in [0.2, 0.25) is 0 Å². The Balaban J connectivity index is 1.90. The quantitative estimate of drug-likeness (QED) is 0.789. The molecule has 2 aromatic rings. The number of para-hydroxylation sites is 1. The maximum absolute atomic E-state index is 12.0. The van der Waals surface area contributed by atoms with Gasteiger partial charge >= 0.3 is 5.63 Å².